The smallest absolute Gasteiger partial charge is 0.209 e. The molecule has 2 aliphatic carbocycles. The summed E-state index contributed by atoms with van der Waals surface area (Å²) in [6, 6.07) is 2.00. The minimum atomic E-state index is 0.496. The quantitative estimate of drug-likeness (QED) is 0.752. The van der Waals surface area contributed by atoms with Crippen molar-refractivity contribution in [3.05, 3.63) is 5.82 Å². The first kappa shape index (κ1) is 18.4. The monoisotopic (exact) mass is 362 g/mol. The summed E-state index contributed by atoms with van der Waals surface area (Å²) in [6.45, 7) is 7.56. The molecule has 0 unspecified atom stereocenters. The van der Waals surface area contributed by atoms with Crippen LogP contribution in [0.15, 0.2) is 0 Å². The van der Waals surface area contributed by atoms with Crippen molar-refractivity contribution in [3.8, 4) is 0 Å². The Kier molecular flexibility index (Phi) is 6.20. The summed E-state index contributed by atoms with van der Waals surface area (Å²) >= 11 is 0. The Balaban J connectivity index is 1.44. The van der Waals surface area contributed by atoms with Crippen LogP contribution < -0.4 is 9.80 Å². The number of quaternary nitrogens is 2. The second kappa shape index (κ2) is 8.79. The molecule has 0 spiro atoms. The fourth-order valence-corrected chi connectivity index (χ4v) is 5.75. The van der Waals surface area contributed by atoms with Crippen molar-refractivity contribution in [3.63, 3.8) is 0 Å². The summed E-state index contributed by atoms with van der Waals surface area (Å²) in [5, 5.41) is 13.1. The highest BCUT2D eigenvalue weighted by molar-refractivity contribution is 4.91. The van der Waals surface area contributed by atoms with Gasteiger partial charge in [-0.15, -0.1) is 5.10 Å². The summed E-state index contributed by atoms with van der Waals surface area (Å²) in [5.74, 6) is 1.18. The fraction of sp³-hybridized carbons (Fsp3) is 0.950. The number of nitrogens with one attached hydrogen (secondary N) is 2. The zero-order valence-electron chi connectivity index (χ0n) is 16.6. The molecule has 0 aromatic carbocycles. The third kappa shape index (κ3) is 3.96. The molecule has 146 valence electrons. The van der Waals surface area contributed by atoms with E-state index < -0.39 is 0 Å². The first-order valence-corrected chi connectivity index (χ1v) is 11.3. The molecule has 2 N–H and O–H groups in total. The van der Waals surface area contributed by atoms with Crippen LogP contribution in [-0.4, -0.2) is 52.4 Å². The number of hydrogen-bond acceptors (Lipinski definition) is 3. The van der Waals surface area contributed by atoms with Crippen LogP contribution in [0.25, 0.3) is 0 Å². The SMILES string of the molecule is CCCC[C@H](c1nnnn1C1CCCC1)[NH+]1CC[NH+](C2CCCC2)CC1. The summed E-state index contributed by atoms with van der Waals surface area (Å²) < 4.78 is 2.22. The van der Waals surface area contributed by atoms with E-state index in [4.69, 9.17) is 0 Å². The molecule has 26 heavy (non-hydrogen) atoms. The van der Waals surface area contributed by atoms with Gasteiger partial charge in [0.15, 0.2) is 0 Å². The zero-order valence-corrected chi connectivity index (χ0v) is 16.6. The van der Waals surface area contributed by atoms with E-state index in [-0.39, 0.29) is 0 Å². The number of piperazine rings is 1. The molecule has 1 atom stereocenters. The molecular formula is C20H38N6+2. The molecular weight excluding hydrogens is 324 g/mol. The fourth-order valence-electron chi connectivity index (χ4n) is 5.75. The second-order valence-corrected chi connectivity index (χ2v) is 8.91. The van der Waals surface area contributed by atoms with E-state index in [1.165, 1.54) is 103 Å². The van der Waals surface area contributed by atoms with Gasteiger partial charge in [-0.05, 0) is 55.4 Å². The van der Waals surface area contributed by atoms with Gasteiger partial charge >= 0.3 is 0 Å². The van der Waals surface area contributed by atoms with Crippen molar-refractivity contribution >= 4 is 0 Å². The molecule has 4 rings (SSSR count). The average molecular weight is 363 g/mol. The maximum atomic E-state index is 4.56. The number of unbranched alkanes of at least 4 members (excludes halogenated alkanes) is 1. The van der Waals surface area contributed by atoms with Crippen molar-refractivity contribution in [1.29, 1.82) is 0 Å². The molecule has 0 bridgehead atoms. The molecule has 2 saturated carbocycles. The molecule has 6 nitrogen and oxygen atoms in total. The van der Waals surface area contributed by atoms with E-state index in [0.717, 1.165) is 6.04 Å². The van der Waals surface area contributed by atoms with Gasteiger partial charge in [0.25, 0.3) is 0 Å². The van der Waals surface area contributed by atoms with E-state index in [9.17, 15) is 0 Å². The van der Waals surface area contributed by atoms with Gasteiger partial charge in [0.05, 0.1) is 12.1 Å². The first-order valence-electron chi connectivity index (χ1n) is 11.3. The van der Waals surface area contributed by atoms with Gasteiger partial charge in [-0.2, -0.15) is 0 Å². The summed E-state index contributed by atoms with van der Waals surface area (Å²) in [5.41, 5.74) is 0. The highest BCUT2D eigenvalue weighted by Crippen LogP contribution is 2.30. The number of nitrogens with zero attached hydrogens (tertiary/aromatic N) is 4. The van der Waals surface area contributed by atoms with Gasteiger partial charge in [0.1, 0.15) is 32.2 Å². The lowest BCUT2D eigenvalue weighted by Crippen LogP contribution is -3.29. The highest BCUT2D eigenvalue weighted by Gasteiger charge is 2.37. The Labute approximate surface area is 158 Å². The van der Waals surface area contributed by atoms with Gasteiger partial charge in [0, 0.05) is 6.42 Å². The lowest BCUT2D eigenvalue weighted by molar-refractivity contribution is -1.04. The largest absolute Gasteiger partial charge is 0.323 e. The van der Waals surface area contributed by atoms with E-state index in [1.807, 2.05) is 4.90 Å². The Morgan fingerprint density at radius 1 is 1.00 bits per heavy atom. The van der Waals surface area contributed by atoms with Crippen molar-refractivity contribution in [2.45, 2.75) is 95.7 Å². The van der Waals surface area contributed by atoms with Crippen molar-refractivity contribution < 1.29 is 9.80 Å². The average Bonchev–Trinajstić information content (AvgIpc) is 3.43. The minimum absolute atomic E-state index is 0.496. The number of tetrazole rings is 1. The van der Waals surface area contributed by atoms with E-state index >= 15 is 0 Å². The maximum absolute atomic E-state index is 4.56. The van der Waals surface area contributed by atoms with E-state index in [1.54, 1.807) is 4.90 Å². The molecule has 0 amide bonds. The number of hydrogen-bond donors (Lipinski definition) is 2. The third-order valence-electron chi connectivity index (χ3n) is 7.31. The van der Waals surface area contributed by atoms with Gasteiger partial charge in [-0.25, -0.2) is 4.68 Å². The van der Waals surface area contributed by atoms with Crippen LogP contribution in [0.1, 0.15) is 95.5 Å². The number of aromatic nitrogens is 4. The second-order valence-electron chi connectivity index (χ2n) is 8.91. The van der Waals surface area contributed by atoms with Crippen molar-refractivity contribution in [2.24, 2.45) is 0 Å². The normalized spacial score (nSPS) is 29.4. The predicted octanol–water partition coefficient (Wildman–Crippen LogP) is 0.746. The third-order valence-corrected chi connectivity index (χ3v) is 7.31. The minimum Gasteiger partial charge on any atom is -0.323 e. The van der Waals surface area contributed by atoms with Crippen LogP contribution in [0.2, 0.25) is 0 Å². The van der Waals surface area contributed by atoms with E-state index in [0.29, 0.717) is 12.1 Å². The van der Waals surface area contributed by atoms with Gasteiger partial charge in [-0.3, -0.25) is 0 Å². The first-order chi connectivity index (χ1) is 12.9. The molecule has 2 heterocycles. The lowest BCUT2D eigenvalue weighted by Gasteiger charge is -2.36. The van der Waals surface area contributed by atoms with Crippen LogP contribution in [0.5, 0.6) is 0 Å². The Morgan fingerprint density at radius 3 is 2.38 bits per heavy atom. The molecule has 3 fully saturated rings. The standard InChI is InChI=1S/C20H36N6/c1-2-3-12-19(20-21-22-23-26(20)18-10-6-7-11-18)25-15-13-24(14-16-25)17-8-4-5-9-17/h17-19H,2-16H2,1H3/p+2/t19-/m1/s1. The maximum Gasteiger partial charge on any atom is 0.209 e. The van der Waals surface area contributed by atoms with Crippen LogP contribution in [0.4, 0.5) is 0 Å². The molecule has 1 aromatic heterocycles. The zero-order chi connectivity index (χ0) is 17.8. The summed E-state index contributed by atoms with van der Waals surface area (Å²) in [4.78, 5) is 3.63. The van der Waals surface area contributed by atoms with Gasteiger partial charge < -0.3 is 9.80 Å². The molecule has 1 saturated heterocycles. The summed E-state index contributed by atoms with van der Waals surface area (Å²) in [6.07, 6.45) is 14.8. The summed E-state index contributed by atoms with van der Waals surface area (Å²) in [7, 11) is 0. The van der Waals surface area contributed by atoms with Crippen LogP contribution >= 0.6 is 0 Å². The Bertz CT molecular complexity index is 538. The molecule has 6 heteroatoms. The van der Waals surface area contributed by atoms with Crippen LogP contribution in [-0.2, 0) is 0 Å². The molecule has 3 aliphatic rings. The van der Waals surface area contributed by atoms with Crippen LogP contribution in [0, 0.1) is 0 Å². The van der Waals surface area contributed by atoms with Crippen molar-refractivity contribution in [1.82, 2.24) is 20.2 Å². The predicted molar refractivity (Wildman–Crippen MR) is 101 cm³/mol. The van der Waals surface area contributed by atoms with Crippen LogP contribution in [0.3, 0.4) is 0 Å². The Hall–Kier alpha value is -1.01. The molecule has 1 aliphatic heterocycles. The topological polar surface area (TPSA) is 52.5 Å². The number of rotatable bonds is 7. The lowest BCUT2D eigenvalue weighted by atomic mass is 10.0. The van der Waals surface area contributed by atoms with Gasteiger partial charge in [0.2, 0.25) is 5.82 Å². The Morgan fingerprint density at radius 2 is 1.69 bits per heavy atom. The molecule has 1 aromatic rings. The van der Waals surface area contributed by atoms with E-state index in [2.05, 4.69) is 27.1 Å². The molecule has 0 radical (unpaired) electrons. The van der Waals surface area contributed by atoms with Gasteiger partial charge in [-0.1, -0.05) is 26.2 Å². The highest BCUT2D eigenvalue weighted by atomic mass is 15.6. The van der Waals surface area contributed by atoms with Crippen molar-refractivity contribution in [2.75, 3.05) is 26.2 Å².